The molecule has 1 aliphatic heterocycles. The number of hydrogen-bond donors (Lipinski definition) is 2. The molecule has 0 unspecified atom stereocenters. The first-order valence-electron chi connectivity index (χ1n) is 11.4. The highest BCUT2D eigenvalue weighted by Crippen LogP contribution is 2.12. The summed E-state index contributed by atoms with van der Waals surface area (Å²) in [5.74, 6) is 0.00787. The van der Waals surface area contributed by atoms with Gasteiger partial charge in [0.1, 0.15) is 24.0 Å². The standard InChI is InChI=1S/C23H38N4O6/c1-17(2)7-12-33-21-14-27(18(3)28)10-9-26(23(31)19-13-24-16-25(19)4)8-5-6-11-32-15-20(29)22(21)30/h5-6,13,16-17,20-22,29-30H,7-12,14-15H2,1-4H3/b6-5-/t20-,21-,22-/m0/s1. The Bertz CT molecular complexity index is 781. The minimum absolute atomic E-state index is 0.0761. The van der Waals surface area contributed by atoms with Crippen LogP contribution < -0.4 is 0 Å². The van der Waals surface area contributed by atoms with Gasteiger partial charge in [0.2, 0.25) is 5.91 Å². The van der Waals surface area contributed by atoms with Crippen LogP contribution >= 0.6 is 0 Å². The van der Waals surface area contributed by atoms with Crippen molar-refractivity contribution in [1.82, 2.24) is 19.4 Å². The molecule has 1 aliphatic rings. The topological polar surface area (TPSA) is 117 Å². The van der Waals surface area contributed by atoms with Gasteiger partial charge in [-0.25, -0.2) is 4.98 Å². The molecule has 0 saturated carbocycles. The van der Waals surface area contributed by atoms with Crippen molar-refractivity contribution < 1.29 is 29.3 Å². The molecule has 0 fully saturated rings. The zero-order valence-electron chi connectivity index (χ0n) is 20.1. The Balaban J connectivity index is 2.21. The van der Waals surface area contributed by atoms with Crippen molar-refractivity contribution in [3.8, 4) is 0 Å². The van der Waals surface area contributed by atoms with Gasteiger partial charge in [-0.3, -0.25) is 9.59 Å². The van der Waals surface area contributed by atoms with Crippen molar-refractivity contribution in [2.75, 3.05) is 46.0 Å². The fourth-order valence-electron chi connectivity index (χ4n) is 3.42. The van der Waals surface area contributed by atoms with E-state index in [9.17, 15) is 19.8 Å². The van der Waals surface area contributed by atoms with Gasteiger partial charge < -0.3 is 34.1 Å². The van der Waals surface area contributed by atoms with Gasteiger partial charge in [-0.05, 0) is 12.3 Å². The maximum absolute atomic E-state index is 13.1. The Morgan fingerprint density at radius 2 is 1.97 bits per heavy atom. The summed E-state index contributed by atoms with van der Waals surface area (Å²) in [7, 11) is 1.75. The summed E-state index contributed by atoms with van der Waals surface area (Å²) in [6.07, 6.45) is 4.26. The molecule has 186 valence electrons. The molecule has 10 nitrogen and oxygen atoms in total. The normalized spacial score (nSPS) is 24.5. The monoisotopic (exact) mass is 466 g/mol. The maximum Gasteiger partial charge on any atom is 0.272 e. The van der Waals surface area contributed by atoms with Gasteiger partial charge in [0.05, 0.1) is 25.7 Å². The minimum atomic E-state index is -1.22. The number of aliphatic hydroxyl groups excluding tert-OH is 2. The highest BCUT2D eigenvalue weighted by Gasteiger charge is 2.30. The van der Waals surface area contributed by atoms with E-state index in [1.54, 1.807) is 35.0 Å². The predicted molar refractivity (Wildman–Crippen MR) is 123 cm³/mol. The Labute approximate surface area is 195 Å². The SMILES string of the molecule is CC(=O)N1CCN(C(=O)c2cncn2C)C/C=C\COC[C@H](O)[C@H](O)[C@@H](OCCC(C)C)C1. The van der Waals surface area contributed by atoms with Crippen LogP contribution in [0.25, 0.3) is 0 Å². The average Bonchev–Trinajstić information content (AvgIpc) is 3.19. The number of ether oxygens (including phenoxy) is 2. The van der Waals surface area contributed by atoms with E-state index in [-0.39, 0.29) is 44.7 Å². The van der Waals surface area contributed by atoms with E-state index >= 15 is 0 Å². The van der Waals surface area contributed by atoms with Gasteiger partial charge >= 0.3 is 0 Å². The lowest BCUT2D eigenvalue weighted by molar-refractivity contribution is -0.139. The van der Waals surface area contributed by atoms with Crippen LogP contribution in [0.15, 0.2) is 24.7 Å². The van der Waals surface area contributed by atoms with Crippen molar-refractivity contribution in [3.05, 3.63) is 30.4 Å². The molecule has 0 aliphatic carbocycles. The zero-order chi connectivity index (χ0) is 24.4. The van der Waals surface area contributed by atoms with Crippen molar-refractivity contribution >= 4 is 11.8 Å². The summed E-state index contributed by atoms with van der Waals surface area (Å²) in [6.45, 7) is 7.09. The van der Waals surface area contributed by atoms with Crippen LogP contribution in [-0.2, 0) is 21.3 Å². The molecule has 2 rings (SSSR count). The Morgan fingerprint density at radius 3 is 2.61 bits per heavy atom. The molecule has 0 bridgehead atoms. The number of carbonyl (C=O) groups is 2. The highest BCUT2D eigenvalue weighted by molar-refractivity contribution is 5.92. The molecular formula is C23H38N4O6. The summed E-state index contributed by atoms with van der Waals surface area (Å²) >= 11 is 0. The van der Waals surface area contributed by atoms with Gasteiger partial charge in [0, 0.05) is 46.8 Å². The van der Waals surface area contributed by atoms with Gasteiger partial charge in [-0.1, -0.05) is 26.0 Å². The number of rotatable bonds is 5. The number of carbonyl (C=O) groups excluding carboxylic acids is 2. The first-order chi connectivity index (χ1) is 15.7. The van der Waals surface area contributed by atoms with Gasteiger partial charge in [0.25, 0.3) is 5.91 Å². The lowest BCUT2D eigenvalue weighted by Gasteiger charge is -2.33. The Hall–Kier alpha value is -2.27. The second-order valence-corrected chi connectivity index (χ2v) is 8.76. The van der Waals surface area contributed by atoms with E-state index in [1.165, 1.54) is 18.0 Å². The summed E-state index contributed by atoms with van der Waals surface area (Å²) < 4.78 is 13.0. The lowest BCUT2D eigenvalue weighted by Crippen LogP contribution is -2.50. The predicted octanol–water partition coefficient (Wildman–Crippen LogP) is 0.450. The van der Waals surface area contributed by atoms with Crippen LogP contribution in [0.2, 0.25) is 0 Å². The smallest absolute Gasteiger partial charge is 0.272 e. The minimum Gasteiger partial charge on any atom is -0.388 e. The van der Waals surface area contributed by atoms with Gasteiger partial charge in [-0.2, -0.15) is 0 Å². The molecule has 2 amide bonds. The highest BCUT2D eigenvalue weighted by atomic mass is 16.5. The number of aromatic nitrogens is 2. The summed E-state index contributed by atoms with van der Waals surface area (Å²) in [6, 6.07) is 0. The third-order valence-electron chi connectivity index (χ3n) is 5.61. The number of amides is 2. The van der Waals surface area contributed by atoms with Crippen molar-refractivity contribution in [3.63, 3.8) is 0 Å². The second-order valence-electron chi connectivity index (χ2n) is 8.76. The second kappa shape index (κ2) is 13.4. The first-order valence-corrected chi connectivity index (χ1v) is 11.4. The average molecular weight is 467 g/mol. The molecule has 0 spiro atoms. The molecule has 33 heavy (non-hydrogen) atoms. The molecule has 2 heterocycles. The maximum atomic E-state index is 13.1. The number of hydrogen-bond acceptors (Lipinski definition) is 7. The van der Waals surface area contributed by atoms with Gasteiger partial charge in [-0.15, -0.1) is 0 Å². The van der Waals surface area contributed by atoms with Crippen molar-refractivity contribution in [1.29, 1.82) is 0 Å². The molecule has 3 atom stereocenters. The van der Waals surface area contributed by atoms with Crippen LogP contribution in [0, 0.1) is 5.92 Å². The zero-order valence-corrected chi connectivity index (χ0v) is 20.1. The fraction of sp³-hybridized carbons (Fsp3) is 0.696. The summed E-state index contributed by atoms with van der Waals surface area (Å²) in [4.78, 5) is 32.6. The van der Waals surface area contributed by atoms with Crippen LogP contribution in [-0.4, -0.2) is 106 Å². The number of aliphatic hydroxyl groups is 2. The van der Waals surface area contributed by atoms with Gasteiger partial charge in [0.15, 0.2) is 0 Å². The van der Waals surface area contributed by atoms with Crippen LogP contribution in [0.5, 0.6) is 0 Å². The Kier molecular flexibility index (Phi) is 11.0. The van der Waals surface area contributed by atoms with Crippen molar-refractivity contribution in [2.45, 2.75) is 45.5 Å². The van der Waals surface area contributed by atoms with E-state index in [4.69, 9.17) is 9.47 Å². The van der Waals surface area contributed by atoms with E-state index in [0.29, 0.717) is 24.8 Å². The van der Waals surface area contributed by atoms with Crippen LogP contribution in [0.3, 0.4) is 0 Å². The largest absolute Gasteiger partial charge is 0.388 e. The number of nitrogens with zero attached hydrogens (tertiary/aromatic N) is 4. The molecule has 10 heteroatoms. The third kappa shape index (κ3) is 8.54. The third-order valence-corrected chi connectivity index (χ3v) is 5.61. The van der Waals surface area contributed by atoms with E-state index in [1.807, 2.05) is 0 Å². The Morgan fingerprint density at radius 1 is 1.24 bits per heavy atom. The molecule has 2 N–H and O–H groups in total. The molecule has 1 aromatic rings. The van der Waals surface area contributed by atoms with E-state index in [2.05, 4.69) is 18.8 Å². The number of aryl methyl sites for hydroxylation is 1. The molecular weight excluding hydrogens is 428 g/mol. The lowest BCUT2D eigenvalue weighted by atomic mass is 10.1. The first kappa shape index (κ1) is 27.0. The molecule has 0 radical (unpaired) electrons. The summed E-state index contributed by atoms with van der Waals surface area (Å²) in [5.41, 5.74) is 0.448. The van der Waals surface area contributed by atoms with Crippen molar-refractivity contribution in [2.24, 2.45) is 13.0 Å². The van der Waals surface area contributed by atoms with Crippen LogP contribution in [0.1, 0.15) is 37.7 Å². The van der Waals surface area contributed by atoms with Crippen LogP contribution in [0.4, 0.5) is 0 Å². The fourth-order valence-corrected chi connectivity index (χ4v) is 3.42. The molecule has 0 aromatic carbocycles. The number of imidazole rings is 1. The van der Waals surface area contributed by atoms with E-state index < -0.39 is 18.3 Å². The van der Waals surface area contributed by atoms with E-state index in [0.717, 1.165) is 6.42 Å². The quantitative estimate of drug-likeness (QED) is 0.605. The molecule has 1 aromatic heterocycles. The summed E-state index contributed by atoms with van der Waals surface area (Å²) in [5, 5.41) is 21.1. The molecule has 0 saturated heterocycles.